The predicted octanol–water partition coefficient (Wildman–Crippen LogP) is 6.54. The van der Waals surface area contributed by atoms with E-state index in [1.165, 1.54) is 0 Å². The highest BCUT2D eigenvalue weighted by molar-refractivity contribution is 7.70. The third-order valence-electron chi connectivity index (χ3n) is 8.05. The molecule has 242 valence electrons. The quantitative estimate of drug-likeness (QED) is 0.129. The first-order valence-electron chi connectivity index (χ1n) is 15.9. The summed E-state index contributed by atoms with van der Waals surface area (Å²) in [6, 6.07) is 16.2. The molecule has 4 aromatic rings. The summed E-state index contributed by atoms with van der Waals surface area (Å²) in [4.78, 5) is 17.6. The Balaban J connectivity index is 1.38. The van der Waals surface area contributed by atoms with Gasteiger partial charge in [-0.15, -0.1) is 0 Å². The lowest BCUT2D eigenvalue weighted by Crippen LogP contribution is -2.49. The number of ether oxygens (including phenoxy) is 1. The van der Waals surface area contributed by atoms with Crippen LogP contribution in [-0.4, -0.2) is 82.2 Å². The first kappa shape index (κ1) is 32.8. The highest BCUT2D eigenvalue weighted by atomic mass is 31.2. The zero-order valence-corrected chi connectivity index (χ0v) is 28.5. The van der Waals surface area contributed by atoms with Crippen molar-refractivity contribution in [2.75, 3.05) is 55.0 Å². The fourth-order valence-corrected chi connectivity index (χ4v) is 7.22. The van der Waals surface area contributed by atoms with Crippen molar-refractivity contribution in [1.29, 1.82) is 0 Å². The van der Waals surface area contributed by atoms with Crippen molar-refractivity contribution in [2.45, 2.75) is 65.2 Å². The Hall–Kier alpha value is -3.59. The van der Waals surface area contributed by atoms with Crippen molar-refractivity contribution in [3.05, 3.63) is 54.7 Å². The van der Waals surface area contributed by atoms with E-state index >= 15 is 0 Å². The number of hydrogen-bond donors (Lipinski definition) is 4. The average molecular weight is 634 g/mol. The van der Waals surface area contributed by atoms with Gasteiger partial charge >= 0.3 is 0 Å². The van der Waals surface area contributed by atoms with Crippen LogP contribution >= 0.6 is 7.14 Å². The molecule has 2 aromatic heterocycles. The largest absolute Gasteiger partial charge is 0.489 e. The van der Waals surface area contributed by atoms with Gasteiger partial charge in [0.05, 0.1) is 28.5 Å². The minimum atomic E-state index is -2.52. The van der Waals surface area contributed by atoms with Gasteiger partial charge in [0.2, 0.25) is 5.95 Å². The van der Waals surface area contributed by atoms with E-state index in [1.54, 1.807) is 13.3 Å². The number of likely N-dealkylation sites (N-methyl/N-ethyl adjacent to an activating group) is 1. The summed E-state index contributed by atoms with van der Waals surface area (Å²) in [5.41, 5.74) is 2.63. The van der Waals surface area contributed by atoms with Gasteiger partial charge in [0, 0.05) is 48.9 Å². The highest BCUT2D eigenvalue weighted by Crippen LogP contribution is 2.39. The van der Waals surface area contributed by atoms with E-state index in [0.717, 1.165) is 66.0 Å². The summed E-state index contributed by atoms with van der Waals surface area (Å²) in [6.45, 7) is 17.0. The first-order valence-corrected chi connectivity index (χ1v) is 18.5. The number of benzene rings is 2. The SMILES string of the molecule is CCN(CC(C)(C)O)C1CCN(c2ccc(Nc3nc(Nc4ccccc4P(C)(C)=O)c4cc[nH]c4n3)cc2OC(C)C)CC1. The molecule has 1 fully saturated rings. The van der Waals surface area contributed by atoms with Crippen LogP contribution in [0, 0.1) is 0 Å². The lowest BCUT2D eigenvalue weighted by molar-refractivity contribution is 0.0184. The maximum absolute atomic E-state index is 13.0. The van der Waals surface area contributed by atoms with Gasteiger partial charge in [0.25, 0.3) is 0 Å². The van der Waals surface area contributed by atoms with Crippen LogP contribution in [0.15, 0.2) is 54.7 Å². The maximum atomic E-state index is 13.0. The molecule has 45 heavy (non-hydrogen) atoms. The minimum absolute atomic E-state index is 0.00871. The first-order chi connectivity index (χ1) is 21.3. The second-order valence-corrected chi connectivity index (χ2v) is 16.4. The van der Waals surface area contributed by atoms with E-state index in [0.29, 0.717) is 30.0 Å². The standard InChI is InChI=1S/C34H48N7O3P/c1-8-40(22-34(4,5)42)25-16-19-41(20-17-25)28-14-13-24(21-29(28)44-23(2)3)36-33-38-31-26(15-18-35-31)32(39-33)37-27-11-9-10-12-30(27)45(6,7)43/h9-15,18,21,23,25,42H,8,16-17,19-20,22H2,1-7H3,(H3,35,36,37,38,39). The van der Waals surface area contributed by atoms with Crippen molar-refractivity contribution in [3.63, 3.8) is 0 Å². The van der Waals surface area contributed by atoms with E-state index < -0.39 is 12.7 Å². The highest BCUT2D eigenvalue weighted by Gasteiger charge is 2.28. The third kappa shape index (κ3) is 8.17. The Bertz CT molecular complexity index is 1650. The van der Waals surface area contributed by atoms with Crippen LogP contribution in [0.5, 0.6) is 5.75 Å². The number of hydrogen-bond acceptors (Lipinski definition) is 9. The fraction of sp³-hybridized carbons (Fsp3) is 0.471. The van der Waals surface area contributed by atoms with Crippen LogP contribution in [-0.2, 0) is 4.57 Å². The lowest BCUT2D eigenvalue weighted by atomic mass is 10.00. The van der Waals surface area contributed by atoms with Gasteiger partial charge in [-0.1, -0.05) is 19.1 Å². The molecule has 1 aliphatic rings. The molecular weight excluding hydrogens is 585 g/mol. The summed E-state index contributed by atoms with van der Waals surface area (Å²) in [5.74, 6) is 1.86. The molecule has 1 aliphatic heterocycles. The van der Waals surface area contributed by atoms with E-state index in [-0.39, 0.29) is 6.10 Å². The number of nitrogens with zero attached hydrogens (tertiary/aromatic N) is 4. The number of aliphatic hydroxyl groups is 1. The second-order valence-electron chi connectivity index (χ2n) is 13.2. The normalized spacial score (nSPS) is 14.8. The van der Waals surface area contributed by atoms with Crippen LogP contribution < -0.4 is 25.6 Å². The zero-order valence-electron chi connectivity index (χ0n) is 27.6. The molecule has 0 saturated carbocycles. The zero-order chi connectivity index (χ0) is 32.4. The molecule has 5 rings (SSSR count). The molecule has 0 bridgehead atoms. The van der Waals surface area contributed by atoms with Crippen molar-refractivity contribution in [2.24, 2.45) is 0 Å². The second kappa shape index (κ2) is 13.4. The Morgan fingerprint density at radius 2 is 1.84 bits per heavy atom. The van der Waals surface area contributed by atoms with Crippen molar-refractivity contribution < 1.29 is 14.4 Å². The smallest absolute Gasteiger partial charge is 0.231 e. The van der Waals surface area contributed by atoms with Gasteiger partial charge in [0.1, 0.15) is 24.4 Å². The number of piperidine rings is 1. The molecule has 0 spiro atoms. The van der Waals surface area contributed by atoms with Crippen LogP contribution in [0.1, 0.15) is 47.5 Å². The lowest BCUT2D eigenvalue weighted by Gasteiger charge is -2.41. The van der Waals surface area contributed by atoms with Crippen LogP contribution in [0.3, 0.4) is 0 Å². The molecule has 0 amide bonds. The van der Waals surface area contributed by atoms with Gasteiger partial charge in [0.15, 0.2) is 0 Å². The molecule has 0 aliphatic carbocycles. The van der Waals surface area contributed by atoms with Gasteiger partial charge in [-0.3, -0.25) is 4.90 Å². The Kier molecular flexibility index (Phi) is 9.77. The number of fused-ring (bicyclic) bond motifs is 1. The summed E-state index contributed by atoms with van der Waals surface area (Å²) in [6.07, 6.45) is 3.90. The molecule has 0 unspecified atom stereocenters. The molecule has 0 radical (unpaired) electrons. The van der Waals surface area contributed by atoms with Crippen LogP contribution in [0.25, 0.3) is 11.0 Å². The molecule has 2 aromatic carbocycles. The Labute approximate surface area is 267 Å². The average Bonchev–Trinajstić information content (AvgIpc) is 3.44. The Morgan fingerprint density at radius 3 is 2.51 bits per heavy atom. The molecule has 3 heterocycles. The van der Waals surface area contributed by atoms with Crippen LogP contribution in [0.2, 0.25) is 0 Å². The summed E-state index contributed by atoms with van der Waals surface area (Å²) >= 11 is 0. The van der Waals surface area contributed by atoms with Crippen LogP contribution in [0.4, 0.5) is 28.8 Å². The predicted molar refractivity (Wildman–Crippen MR) is 187 cm³/mol. The van der Waals surface area contributed by atoms with E-state index in [9.17, 15) is 9.67 Å². The molecule has 4 N–H and O–H groups in total. The summed E-state index contributed by atoms with van der Waals surface area (Å²) < 4.78 is 19.3. The molecule has 0 atom stereocenters. The minimum Gasteiger partial charge on any atom is -0.489 e. The number of anilines is 5. The number of aromatic amines is 1. The van der Waals surface area contributed by atoms with Crippen molar-refractivity contribution in [3.8, 4) is 5.75 Å². The number of H-pyrrole nitrogens is 1. The molecule has 11 heteroatoms. The maximum Gasteiger partial charge on any atom is 0.231 e. The van der Waals surface area contributed by atoms with Gasteiger partial charge < -0.3 is 34.9 Å². The van der Waals surface area contributed by atoms with E-state index in [1.807, 2.05) is 76.4 Å². The summed E-state index contributed by atoms with van der Waals surface area (Å²) in [7, 11) is -2.52. The monoisotopic (exact) mass is 633 g/mol. The number of rotatable bonds is 12. The van der Waals surface area contributed by atoms with E-state index in [2.05, 4.69) is 38.4 Å². The van der Waals surface area contributed by atoms with Gasteiger partial charge in [-0.25, -0.2) is 0 Å². The van der Waals surface area contributed by atoms with E-state index in [4.69, 9.17) is 14.7 Å². The molecular formula is C34H48N7O3P. The van der Waals surface area contributed by atoms with Gasteiger partial charge in [-0.05, 0) is 90.7 Å². The summed E-state index contributed by atoms with van der Waals surface area (Å²) in [5, 5.41) is 18.8. The molecule has 10 nitrogen and oxygen atoms in total. The van der Waals surface area contributed by atoms with Crippen molar-refractivity contribution >= 4 is 52.3 Å². The van der Waals surface area contributed by atoms with Crippen molar-refractivity contribution in [1.82, 2.24) is 19.9 Å². The number of aromatic nitrogens is 3. The number of nitrogens with one attached hydrogen (secondary N) is 3. The van der Waals surface area contributed by atoms with Gasteiger partial charge in [-0.2, -0.15) is 9.97 Å². The Morgan fingerprint density at radius 1 is 1.11 bits per heavy atom. The molecule has 1 saturated heterocycles. The topological polar surface area (TPSA) is 119 Å². The number of para-hydroxylation sites is 1. The third-order valence-corrected chi connectivity index (χ3v) is 9.60. The fourth-order valence-electron chi connectivity index (χ4n) is 6.07.